The number of hydrogen-bond acceptors (Lipinski definition) is 1. The molecule has 1 unspecified atom stereocenters. The lowest BCUT2D eigenvalue weighted by atomic mass is 10.8. The van der Waals surface area contributed by atoms with Crippen LogP contribution in [0.4, 0.5) is 0 Å². The van der Waals surface area contributed by atoms with Gasteiger partial charge in [0.05, 0.1) is 0 Å². The summed E-state index contributed by atoms with van der Waals surface area (Å²) < 4.78 is 0. The second kappa shape index (κ2) is 3.57. The predicted molar refractivity (Wildman–Crippen MR) is 40.7 cm³/mol. The van der Waals surface area contributed by atoms with Gasteiger partial charge in [-0.25, -0.2) is 0 Å². The first-order chi connectivity index (χ1) is 3.62. The van der Waals surface area contributed by atoms with E-state index in [-0.39, 0.29) is 0 Å². The molecule has 0 amide bonds. The summed E-state index contributed by atoms with van der Waals surface area (Å²) in [6.07, 6.45) is -1.41. The van der Waals surface area contributed by atoms with Gasteiger partial charge in [-0.3, -0.25) is 5.09 Å². The maximum atomic E-state index is 9.14. The molecule has 50 valence electrons. The zero-order chi connectivity index (χ0) is 6.62. The molecule has 0 aromatic heterocycles. The summed E-state index contributed by atoms with van der Waals surface area (Å²) in [5.41, 5.74) is 0. The van der Waals surface area contributed by atoms with Crippen LogP contribution in [0.5, 0.6) is 0 Å². The summed E-state index contributed by atoms with van der Waals surface area (Å²) >= 11 is 4.80. The van der Waals surface area contributed by atoms with E-state index in [2.05, 4.69) is 5.09 Å². The molecule has 0 heterocycles. The third-order valence-corrected chi connectivity index (χ3v) is 3.66. The van der Waals surface area contributed by atoms with E-state index >= 15 is 0 Å². The van der Waals surface area contributed by atoms with Crippen molar-refractivity contribution in [1.82, 2.24) is 5.09 Å². The quantitative estimate of drug-likeness (QED) is 0.591. The predicted octanol–water partition coefficient (Wildman–Crippen LogP) is 0.918. The zero-order valence-electron chi connectivity index (χ0n) is 5.22. The third kappa shape index (κ3) is 3.56. The maximum absolute atomic E-state index is 9.14. The zero-order valence-corrected chi connectivity index (χ0v) is 6.93. The molecular formula is C4H12NOPS. The molecule has 2 nitrogen and oxygen atoms in total. The summed E-state index contributed by atoms with van der Waals surface area (Å²) in [7, 11) is 0. The summed E-state index contributed by atoms with van der Waals surface area (Å²) in [6.45, 7) is 4.60. The fourth-order valence-electron chi connectivity index (χ4n) is 0.359. The summed E-state index contributed by atoms with van der Waals surface area (Å²) in [5.74, 6) is 0. The topological polar surface area (TPSA) is 32.3 Å². The van der Waals surface area contributed by atoms with Gasteiger partial charge in [-0.2, -0.15) is 0 Å². The first-order valence-corrected chi connectivity index (χ1v) is 5.63. The largest absolute Gasteiger partial charge is 0.354 e. The molecular weight excluding hydrogens is 141 g/mol. The van der Waals surface area contributed by atoms with Crippen molar-refractivity contribution in [2.24, 2.45) is 0 Å². The standard InChI is InChI=1S/C4H12NOPS/c1-3-5-7(6,8)4-2/h3-4H2,1-2H3,(H2,5,6,8). The second-order valence-corrected chi connectivity index (χ2v) is 5.69. The van der Waals surface area contributed by atoms with Gasteiger partial charge < -0.3 is 4.89 Å². The molecule has 0 aliphatic rings. The van der Waals surface area contributed by atoms with E-state index in [0.29, 0.717) is 6.16 Å². The highest BCUT2D eigenvalue weighted by Crippen LogP contribution is 2.33. The molecule has 2 N–H and O–H groups in total. The van der Waals surface area contributed by atoms with Crippen LogP contribution in [0, 0.1) is 0 Å². The second-order valence-electron chi connectivity index (χ2n) is 1.53. The van der Waals surface area contributed by atoms with Gasteiger partial charge in [0.2, 0.25) is 0 Å². The van der Waals surface area contributed by atoms with Crippen molar-refractivity contribution in [3.8, 4) is 0 Å². The van der Waals surface area contributed by atoms with Crippen molar-refractivity contribution in [2.75, 3.05) is 12.7 Å². The Labute approximate surface area is 55.4 Å². The van der Waals surface area contributed by atoms with E-state index < -0.39 is 6.42 Å². The summed E-state index contributed by atoms with van der Waals surface area (Å²) in [4.78, 5) is 9.14. The van der Waals surface area contributed by atoms with Gasteiger partial charge >= 0.3 is 0 Å². The summed E-state index contributed by atoms with van der Waals surface area (Å²) in [5, 5.41) is 2.85. The summed E-state index contributed by atoms with van der Waals surface area (Å²) in [6, 6.07) is 0. The van der Waals surface area contributed by atoms with Crippen LogP contribution in [-0.2, 0) is 11.8 Å². The van der Waals surface area contributed by atoms with Gasteiger partial charge in [0.25, 0.3) is 0 Å². The van der Waals surface area contributed by atoms with Crippen molar-refractivity contribution in [3.63, 3.8) is 0 Å². The maximum Gasteiger partial charge on any atom is 0.126 e. The van der Waals surface area contributed by atoms with Crippen LogP contribution in [0.3, 0.4) is 0 Å². The Bertz CT molecular complexity index is 106. The molecule has 0 radical (unpaired) electrons. The molecule has 0 aliphatic carbocycles. The molecule has 0 aliphatic heterocycles. The van der Waals surface area contributed by atoms with Crippen molar-refractivity contribution in [2.45, 2.75) is 13.8 Å². The van der Waals surface area contributed by atoms with Gasteiger partial charge in [-0.15, -0.1) is 0 Å². The van der Waals surface area contributed by atoms with E-state index in [4.69, 9.17) is 16.7 Å². The monoisotopic (exact) mass is 153 g/mol. The Kier molecular flexibility index (Phi) is 3.82. The molecule has 4 heteroatoms. The normalized spacial score (nSPS) is 17.9. The highest BCUT2D eigenvalue weighted by molar-refractivity contribution is 8.10. The van der Waals surface area contributed by atoms with Crippen molar-refractivity contribution < 1.29 is 4.89 Å². The molecule has 0 rings (SSSR count). The molecule has 0 aromatic carbocycles. The number of nitrogens with one attached hydrogen (secondary N) is 1. The Morgan fingerprint density at radius 2 is 2.12 bits per heavy atom. The van der Waals surface area contributed by atoms with Crippen LogP contribution in [0.2, 0.25) is 0 Å². The molecule has 0 bridgehead atoms. The lowest BCUT2D eigenvalue weighted by Crippen LogP contribution is -2.09. The number of hydrogen-bond donors (Lipinski definition) is 2. The molecule has 0 saturated carbocycles. The number of rotatable bonds is 3. The van der Waals surface area contributed by atoms with E-state index in [1.54, 1.807) is 0 Å². The molecule has 8 heavy (non-hydrogen) atoms. The highest BCUT2D eigenvalue weighted by Gasteiger charge is 2.04. The lowest BCUT2D eigenvalue weighted by Gasteiger charge is -2.11. The first kappa shape index (κ1) is 8.57. The van der Waals surface area contributed by atoms with Crippen molar-refractivity contribution >= 4 is 18.2 Å². The smallest absolute Gasteiger partial charge is 0.126 e. The minimum Gasteiger partial charge on any atom is -0.354 e. The first-order valence-electron chi connectivity index (χ1n) is 2.69. The fourth-order valence-corrected chi connectivity index (χ4v) is 1.46. The molecule has 0 spiro atoms. The van der Waals surface area contributed by atoms with Crippen LogP contribution < -0.4 is 5.09 Å². The van der Waals surface area contributed by atoms with E-state index in [9.17, 15) is 0 Å². The van der Waals surface area contributed by atoms with E-state index in [1.165, 1.54) is 0 Å². The van der Waals surface area contributed by atoms with Gasteiger partial charge in [0.15, 0.2) is 0 Å². The van der Waals surface area contributed by atoms with Crippen LogP contribution in [0.15, 0.2) is 0 Å². The average Bonchev–Trinajstić information content (AvgIpc) is 1.67. The van der Waals surface area contributed by atoms with Crippen LogP contribution in [-0.4, -0.2) is 17.6 Å². The molecule has 0 saturated heterocycles. The fraction of sp³-hybridized carbons (Fsp3) is 1.00. The van der Waals surface area contributed by atoms with Crippen molar-refractivity contribution in [1.29, 1.82) is 0 Å². The SMILES string of the molecule is CCNP(O)(=S)CC. The lowest BCUT2D eigenvalue weighted by molar-refractivity contribution is 0.606. The van der Waals surface area contributed by atoms with Gasteiger partial charge in [0.1, 0.15) is 6.42 Å². The minimum atomic E-state index is -2.09. The molecule has 0 aromatic rings. The minimum absolute atomic E-state index is 0.677. The van der Waals surface area contributed by atoms with Gasteiger partial charge in [-0.1, -0.05) is 25.7 Å². The third-order valence-electron chi connectivity index (χ3n) is 0.834. The molecule has 0 fully saturated rings. The highest BCUT2D eigenvalue weighted by atomic mass is 32.4. The Morgan fingerprint density at radius 3 is 2.25 bits per heavy atom. The van der Waals surface area contributed by atoms with Gasteiger partial charge in [-0.05, 0) is 6.54 Å². The Morgan fingerprint density at radius 1 is 1.62 bits per heavy atom. The van der Waals surface area contributed by atoms with E-state index in [0.717, 1.165) is 6.54 Å². The Balaban J connectivity index is 3.55. The van der Waals surface area contributed by atoms with Crippen LogP contribution >= 0.6 is 6.42 Å². The average molecular weight is 153 g/mol. The van der Waals surface area contributed by atoms with Crippen LogP contribution in [0.25, 0.3) is 0 Å². The van der Waals surface area contributed by atoms with E-state index in [1.807, 2.05) is 13.8 Å². The van der Waals surface area contributed by atoms with Crippen LogP contribution in [0.1, 0.15) is 13.8 Å². The van der Waals surface area contributed by atoms with Gasteiger partial charge in [0, 0.05) is 6.16 Å². The van der Waals surface area contributed by atoms with Crippen molar-refractivity contribution in [3.05, 3.63) is 0 Å². The molecule has 1 atom stereocenters. The Hall–Kier alpha value is 0.570.